The molecule has 6 heteroatoms. The zero-order valence-corrected chi connectivity index (χ0v) is 13.3. The van der Waals surface area contributed by atoms with E-state index >= 15 is 0 Å². The van der Waals surface area contributed by atoms with Crippen LogP contribution in [0.1, 0.15) is 51.9 Å². The molecule has 0 spiro atoms. The minimum Gasteiger partial charge on any atom is -0.467 e. The summed E-state index contributed by atoms with van der Waals surface area (Å²) in [6.07, 6.45) is 6.46. The number of ether oxygens (including phenoxy) is 1. The Labute approximate surface area is 127 Å². The average molecular weight is 307 g/mol. The molecule has 0 aromatic carbocycles. The van der Waals surface area contributed by atoms with Crippen molar-refractivity contribution in [1.82, 2.24) is 5.32 Å². The van der Waals surface area contributed by atoms with E-state index in [1.54, 1.807) is 0 Å². The molecule has 0 aromatic heterocycles. The Bertz CT molecular complexity index is 318. The maximum Gasteiger partial charge on any atom is 0.328 e. The Morgan fingerprint density at radius 3 is 2.35 bits per heavy atom. The second-order valence-electron chi connectivity index (χ2n) is 5.49. The number of halogens is 1. The summed E-state index contributed by atoms with van der Waals surface area (Å²) in [7, 11) is 1.33. The third kappa shape index (κ3) is 5.29. The molecule has 0 saturated heterocycles. The number of hydrogen-bond acceptors (Lipinski definition) is 4. The van der Waals surface area contributed by atoms with Gasteiger partial charge in [-0.1, -0.05) is 26.2 Å². The molecule has 3 N–H and O–H groups in total. The molecule has 1 amide bonds. The first kappa shape index (κ1) is 19.2. The highest BCUT2D eigenvalue weighted by molar-refractivity contribution is 5.85. The Hall–Kier alpha value is -0.810. The second-order valence-corrected chi connectivity index (χ2v) is 5.49. The molecule has 0 bridgehead atoms. The van der Waals surface area contributed by atoms with Gasteiger partial charge in [0.1, 0.15) is 6.04 Å². The Morgan fingerprint density at radius 2 is 1.90 bits per heavy atom. The fraction of sp³-hybridized carbons (Fsp3) is 0.857. The third-order valence-electron chi connectivity index (χ3n) is 4.11. The van der Waals surface area contributed by atoms with Crippen LogP contribution in [0.4, 0.5) is 0 Å². The number of nitrogens with one attached hydrogen (secondary N) is 1. The number of esters is 1. The van der Waals surface area contributed by atoms with E-state index in [2.05, 4.69) is 10.1 Å². The molecule has 1 unspecified atom stereocenters. The highest BCUT2D eigenvalue weighted by Crippen LogP contribution is 2.38. The van der Waals surface area contributed by atoms with Crippen molar-refractivity contribution in [3.63, 3.8) is 0 Å². The van der Waals surface area contributed by atoms with E-state index < -0.39 is 6.04 Å². The lowest BCUT2D eigenvalue weighted by Crippen LogP contribution is -2.45. The molecular weight excluding hydrogens is 280 g/mol. The van der Waals surface area contributed by atoms with Crippen molar-refractivity contribution < 1.29 is 14.3 Å². The average Bonchev–Trinajstić information content (AvgIpc) is 2.44. The summed E-state index contributed by atoms with van der Waals surface area (Å²) in [5.41, 5.74) is 5.79. The van der Waals surface area contributed by atoms with Gasteiger partial charge < -0.3 is 15.8 Å². The molecule has 0 aliphatic heterocycles. The predicted molar refractivity (Wildman–Crippen MR) is 80.7 cm³/mol. The Kier molecular flexibility index (Phi) is 8.81. The molecule has 1 rings (SSSR count). The van der Waals surface area contributed by atoms with Crippen LogP contribution < -0.4 is 11.1 Å². The van der Waals surface area contributed by atoms with Crippen molar-refractivity contribution in [3.05, 3.63) is 0 Å². The number of rotatable bonds is 6. The summed E-state index contributed by atoms with van der Waals surface area (Å²) in [4.78, 5) is 23.5. The number of carbonyl (C=O) groups is 2. The molecule has 0 heterocycles. The first-order chi connectivity index (χ1) is 9.06. The summed E-state index contributed by atoms with van der Waals surface area (Å²) >= 11 is 0. The van der Waals surface area contributed by atoms with Crippen molar-refractivity contribution in [2.24, 2.45) is 11.1 Å². The molecule has 0 radical (unpaired) electrons. The zero-order valence-electron chi connectivity index (χ0n) is 12.4. The SMILES string of the molecule is CCC(NC(=O)CC1(CN)CCCCC1)C(=O)OC.Cl. The topological polar surface area (TPSA) is 81.4 Å². The normalized spacial score (nSPS) is 18.6. The number of hydrogen-bond donors (Lipinski definition) is 2. The van der Waals surface area contributed by atoms with Gasteiger partial charge in [0.25, 0.3) is 0 Å². The van der Waals surface area contributed by atoms with Crippen molar-refractivity contribution >= 4 is 24.3 Å². The Morgan fingerprint density at radius 1 is 1.30 bits per heavy atom. The number of amides is 1. The fourth-order valence-corrected chi connectivity index (χ4v) is 2.81. The smallest absolute Gasteiger partial charge is 0.328 e. The minimum atomic E-state index is -0.545. The predicted octanol–water partition coefficient (Wildman–Crippen LogP) is 1.78. The van der Waals surface area contributed by atoms with Gasteiger partial charge in [-0.05, 0) is 31.2 Å². The van der Waals surface area contributed by atoms with Crippen LogP contribution in [0.5, 0.6) is 0 Å². The number of nitrogens with two attached hydrogens (primary N) is 1. The van der Waals surface area contributed by atoms with Gasteiger partial charge in [0.05, 0.1) is 7.11 Å². The van der Waals surface area contributed by atoms with Crippen LogP contribution in [0.2, 0.25) is 0 Å². The van der Waals surface area contributed by atoms with Crippen molar-refractivity contribution in [2.75, 3.05) is 13.7 Å². The summed E-state index contributed by atoms with van der Waals surface area (Å²) in [6.45, 7) is 2.39. The van der Waals surface area contributed by atoms with Crippen LogP contribution >= 0.6 is 12.4 Å². The summed E-state index contributed by atoms with van der Waals surface area (Å²) < 4.78 is 4.67. The van der Waals surface area contributed by atoms with Crippen LogP contribution in [-0.2, 0) is 14.3 Å². The van der Waals surface area contributed by atoms with Gasteiger partial charge in [-0.3, -0.25) is 4.79 Å². The molecule has 1 fully saturated rings. The lowest BCUT2D eigenvalue weighted by atomic mass is 9.71. The van der Waals surface area contributed by atoms with Crippen LogP contribution in [0.15, 0.2) is 0 Å². The first-order valence-corrected chi connectivity index (χ1v) is 7.14. The van der Waals surface area contributed by atoms with Gasteiger partial charge in [0, 0.05) is 6.42 Å². The lowest BCUT2D eigenvalue weighted by Gasteiger charge is -2.36. The fourth-order valence-electron chi connectivity index (χ4n) is 2.81. The largest absolute Gasteiger partial charge is 0.467 e. The molecule has 1 aliphatic rings. The molecule has 1 atom stereocenters. The van der Waals surface area contributed by atoms with Crippen molar-refractivity contribution in [1.29, 1.82) is 0 Å². The van der Waals surface area contributed by atoms with E-state index in [1.165, 1.54) is 13.5 Å². The number of methoxy groups -OCH3 is 1. The molecule has 20 heavy (non-hydrogen) atoms. The quantitative estimate of drug-likeness (QED) is 0.733. The van der Waals surface area contributed by atoms with Gasteiger partial charge >= 0.3 is 5.97 Å². The maximum absolute atomic E-state index is 12.1. The first-order valence-electron chi connectivity index (χ1n) is 7.14. The molecule has 118 valence electrons. The summed E-state index contributed by atoms with van der Waals surface area (Å²) in [5.74, 6) is -0.481. The highest BCUT2D eigenvalue weighted by atomic mass is 35.5. The van der Waals surface area contributed by atoms with Gasteiger partial charge in [0.2, 0.25) is 5.91 Å². The second kappa shape index (κ2) is 9.19. The van der Waals surface area contributed by atoms with Crippen LogP contribution in [0.3, 0.4) is 0 Å². The van der Waals surface area contributed by atoms with E-state index in [0.29, 0.717) is 19.4 Å². The molecule has 0 aromatic rings. The third-order valence-corrected chi connectivity index (χ3v) is 4.11. The zero-order chi connectivity index (χ0) is 14.3. The van der Waals surface area contributed by atoms with E-state index in [4.69, 9.17) is 5.73 Å². The molecular formula is C14H27ClN2O3. The minimum absolute atomic E-state index is 0. The van der Waals surface area contributed by atoms with Gasteiger partial charge in [-0.2, -0.15) is 0 Å². The standard InChI is InChI=1S/C14H26N2O3.ClH/c1-3-11(13(18)19-2)16-12(17)9-14(10-15)7-5-4-6-8-14;/h11H,3-10,15H2,1-2H3,(H,16,17);1H. The molecule has 5 nitrogen and oxygen atoms in total. The van der Waals surface area contributed by atoms with Gasteiger partial charge in [0.15, 0.2) is 0 Å². The van der Waals surface area contributed by atoms with Crippen LogP contribution in [0.25, 0.3) is 0 Å². The van der Waals surface area contributed by atoms with Gasteiger partial charge in [-0.25, -0.2) is 4.79 Å². The van der Waals surface area contributed by atoms with E-state index in [1.807, 2.05) is 6.92 Å². The Balaban J connectivity index is 0.00000361. The monoisotopic (exact) mass is 306 g/mol. The van der Waals surface area contributed by atoms with Gasteiger partial charge in [-0.15, -0.1) is 12.4 Å². The van der Waals surface area contributed by atoms with Crippen LogP contribution in [0, 0.1) is 5.41 Å². The van der Waals surface area contributed by atoms with E-state index in [0.717, 1.165) is 25.7 Å². The number of carbonyl (C=O) groups excluding carboxylic acids is 2. The molecule has 1 aliphatic carbocycles. The molecule has 1 saturated carbocycles. The lowest BCUT2D eigenvalue weighted by molar-refractivity contribution is -0.145. The van der Waals surface area contributed by atoms with Crippen molar-refractivity contribution in [3.8, 4) is 0 Å². The maximum atomic E-state index is 12.1. The van der Waals surface area contributed by atoms with E-state index in [-0.39, 0.29) is 29.7 Å². The highest BCUT2D eigenvalue weighted by Gasteiger charge is 2.33. The van der Waals surface area contributed by atoms with Crippen molar-refractivity contribution in [2.45, 2.75) is 57.9 Å². The summed E-state index contributed by atoms with van der Waals surface area (Å²) in [5, 5.41) is 2.75. The van der Waals surface area contributed by atoms with Crippen LogP contribution in [-0.4, -0.2) is 31.6 Å². The summed E-state index contributed by atoms with van der Waals surface area (Å²) in [6, 6.07) is -0.545. The van der Waals surface area contributed by atoms with E-state index in [9.17, 15) is 9.59 Å².